The van der Waals surface area contributed by atoms with E-state index in [-0.39, 0.29) is 17.3 Å². The summed E-state index contributed by atoms with van der Waals surface area (Å²) in [5, 5.41) is 21.9. The zero-order valence-corrected chi connectivity index (χ0v) is 17.3. The van der Waals surface area contributed by atoms with Crippen molar-refractivity contribution in [3.8, 4) is 11.1 Å². The predicted octanol–water partition coefficient (Wildman–Crippen LogP) is 5.05. The molecular formula is C26H21N3O3. The van der Waals surface area contributed by atoms with Crippen molar-refractivity contribution in [2.45, 2.75) is 6.92 Å². The number of carbonyl (C=O) groups excluding carboxylic acids is 1. The summed E-state index contributed by atoms with van der Waals surface area (Å²) in [5.74, 6) is -1.47. The highest BCUT2D eigenvalue weighted by Gasteiger charge is 2.19. The Morgan fingerprint density at radius 2 is 1.50 bits per heavy atom. The van der Waals surface area contributed by atoms with Crippen LogP contribution in [0.15, 0.2) is 78.9 Å². The third kappa shape index (κ3) is 4.06. The highest BCUT2D eigenvalue weighted by molar-refractivity contribution is 6.13. The van der Waals surface area contributed by atoms with Gasteiger partial charge in [0.25, 0.3) is 5.91 Å². The summed E-state index contributed by atoms with van der Waals surface area (Å²) in [6.07, 6.45) is 0. The SMILES string of the molecule is Cc1ccc(-c2cc3ccccc3cc2C(=O)Nc2ccc(C(=N)N)cc2)c(C(=O)O)c1. The molecule has 0 aliphatic rings. The minimum absolute atomic E-state index is 0.0553. The van der Waals surface area contributed by atoms with Gasteiger partial charge in [-0.2, -0.15) is 0 Å². The smallest absolute Gasteiger partial charge is 0.336 e. The van der Waals surface area contributed by atoms with Crippen molar-refractivity contribution in [2.24, 2.45) is 5.73 Å². The molecule has 0 atom stereocenters. The van der Waals surface area contributed by atoms with E-state index in [4.69, 9.17) is 11.1 Å². The Kier molecular flexibility index (Phi) is 5.43. The van der Waals surface area contributed by atoms with Crippen LogP contribution in [0.5, 0.6) is 0 Å². The number of hydrogen-bond acceptors (Lipinski definition) is 3. The normalized spacial score (nSPS) is 10.7. The molecule has 0 heterocycles. The van der Waals surface area contributed by atoms with E-state index >= 15 is 0 Å². The lowest BCUT2D eigenvalue weighted by molar-refractivity contribution is 0.0697. The van der Waals surface area contributed by atoms with Gasteiger partial charge in [-0.05, 0) is 71.3 Å². The van der Waals surface area contributed by atoms with Gasteiger partial charge in [-0.1, -0.05) is 42.0 Å². The maximum atomic E-state index is 13.3. The number of nitrogens with two attached hydrogens (primary N) is 1. The number of aryl methyl sites for hydroxylation is 1. The van der Waals surface area contributed by atoms with Gasteiger partial charge in [0.1, 0.15) is 5.84 Å². The van der Waals surface area contributed by atoms with Crippen molar-refractivity contribution in [3.05, 3.63) is 101 Å². The highest BCUT2D eigenvalue weighted by Crippen LogP contribution is 2.32. The maximum absolute atomic E-state index is 13.3. The second-order valence-corrected chi connectivity index (χ2v) is 7.54. The standard InChI is InChI=1S/C26H21N3O3/c1-15-6-11-20(23(12-15)26(31)32)21-13-17-4-2-3-5-18(17)14-22(21)25(30)29-19-9-7-16(8-10-19)24(27)28/h2-14H,1H3,(H3,27,28)(H,29,30)(H,31,32). The van der Waals surface area contributed by atoms with E-state index in [0.29, 0.717) is 27.9 Å². The summed E-state index contributed by atoms with van der Waals surface area (Å²) in [6.45, 7) is 1.83. The van der Waals surface area contributed by atoms with E-state index in [1.165, 1.54) is 0 Å². The summed E-state index contributed by atoms with van der Waals surface area (Å²) in [7, 11) is 0. The van der Waals surface area contributed by atoms with Crippen LogP contribution in [0.1, 0.15) is 31.8 Å². The molecule has 0 saturated carbocycles. The predicted molar refractivity (Wildman–Crippen MR) is 126 cm³/mol. The van der Waals surface area contributed by atoms with Gasteiger partial charge in [0, 0.05) is 16.8 Å². The van der Waals surface area contributed by atoms with Crippen LogP contribution in [0.2, 0.25) is 0 Å². The molecule has 0 fully saturated rings. The molecule has 1 amide bonds. The lowest BCUT2D eigenvalue weighted by atomic mass is 9.91. The zero-order chi connectivity index (χ0) is 22.8. The van der Waals surface area contributed by atoms with E-state index in [9.17, 15) is 14.7 Å². The zero-order valence-electron chi connectivity index (χ0n) is 17.3. The van der Waals surface area contributed by atoms with Crippen molar-refractivity contribution in [2.75, 3.05) is 5.32 Å². The van der Waals surface area contributed by atoms with Crippen molar-refractivity contribution < 1.29 is 14.7 Å². The van der Waals surface area contributed by atoms with Crippen molar-refractivity contribution in [1.82, 2.24) is 0 Å². The summed E-state index contributed by atoms with van der Waals surface area (Å²) in [5.41, 5.74) is 8.94. The number of fused-ring (bicyclic) bond motifs is 1. The van der Waals surface area contributed by atoms with Crippen LogP contribution < -0.4 is 11.1 Å². The van der Waals surface area contributed by atoms with Gasteiger partial charge >= 0.3 is 5.97 Å². The largest absolute Gasteiger partial charge is 0.478 e. The quantitative estimate of drug-likeness (QED) is 0.265. The summed E-state index contributed by atoms with van der Waals surface area (Å²) in [6, 6.07) is 23.1. The van der Waals surface area contributed by atoms with Crippen LogP contribution in [0, 0.1) is 12.3 Å². The number of benzene rings is 4. The molecule has 32 heavy (non-hydrogen) atoms. The number of anilines is 1. The van der Waals surface area contributed by atoms with Crippen molar-refractivity contribution >= 4 is 34.2 Å². The Balaban J connectivity index is 1.84. The van der Waals surface area contributed by atoms with Gasteiger partial charge in [0.15, 0.2) is 0 Å². The Bertz CT molecular complexity index is 1380. The molecular weight excluding hydrogens is 402 g/mol. The molecule has 0 radical (unpaired) electrons. The second kappa shape index (κ2) is 8.35. The number of rotatable bonds is 5. The van der Waals surface area contributed by atoms with E-state index in [2.05, 4.69) is 5.32 Å². The minimum Gasteiger partial charge on any atom is -0.478 e. The fourth-order valence-corrected chi connectivity index (χ4v) is 3.65. The molecule has 6 nitrogen and oxygen atoms in total. The van der Waals surface area contributed by atoms with Crippen molar-refractivity contribution in [1.29, 1.82) is 5.41 Å². The van der Waals surface area contributed by atoms with Crippen LogP contribution in [-0.2, 0) is 0 Å². The number of aromatic carboxylic acids is 1. The lowest BCUT2D eigenvalue weighted by Gasteiger charge is -2.15. The van der Waals surface area contributed by atoms with E-state index in [1.807, 2.05) is 43.3 Å². The van der Waals surface area contributed by atoms with Crippen LogP contribution in [0.25, 0.3) is 21.9 Å². The number of amides is 1. The second-order valence-electron chi connectivity index (χ2n) is 7.54. The Labute approximate surface area is 184 Å². The third-order valence-corrected chi connectivity index (χ3v) is 5.28. The highest BCUT2D eigenvalue weighted by atomic mass is 16.4. The Hall–Kier alpha value is -4.45. The minimum atomic E-state index is -1.05. The number of carboxylic acid groups (broad SMARTS) is 1. The lowest BCUT2D eigenvalue weighted by Crippen LogP contribution is -2.15. The average Bonchev–Trinajstić information content (AvgIpc) is 2.78. The molecule has 0 aliphatic carbocycles. The molecule has 4 aromatic carbocycles. The first-order valence-electron chi connectivity index (χ1n) is 9.96. The summed E-state index contributed by atoms with van der Waals surface area (Å²) >= 11 is 0. The van der Waals surface area contributed by atoms with E-state index < -0.39 is 5.97 Å². The van der Waals surface area contributed by atoms with Gasteiger partial charge in [0.05, 0.1) is 5.56 Å². The number of hydrogen-bond donors (Lipinski definition) is 4. The topological polar surface area (TPSA) is 116 Å². The van der Waals surface area contributed by atoms with Gasteiger partial charge in [-0.25, -0.2) is 4.79 Å². The molecule has 0 aliphatic heterocycles. The molecule has 158 valence electrons. The number of carbonyl (C=O) groups is 2. The number of nitrogen functional groups attached to an aromatic ring is 1. The Morgan fingerprint density at radius 3 is 2.12 bits per heavy atom. The number of carboxylic acids is 1. The maximum Gasteiger partial charge on any atom is 0.336 e. The molecule has 0 unspecified atom stereocenters. The average molecular weight is 423 g/mol. The van der Waals surface area contributed by atoms with Gasteiger partial charge in [-0.15, -0.1) is 0 Å². The van der Waals surface area contributed by atoms with E-state index in [1.54, 1.807) is 42.5 Å². The molecule has 5 N–H and O–H groups in total. The summed E-state index contributed by atoms with van der Waals surface area (Å²) < 4.78 is 0. The molecule has 0 aromatic heterocycles. The van der Waals surface area contributed by atoms with Crippen LogP contribution >= 0.6 is 0 Å². The fraction of sp³-hybridized carbons (Fsp3) is 0.0385. The van der Waals surface area contributed by atoms with Gasteiger partial charge in [-0.3, -0.25) is 10.2 Å². The Morgan fingerprint density at radius 1 is 0.844 bits per heavy atom. The van der Waals surface area contributed by atoms with Crippen LogP contribution in [-0.4, -0.2) is 22.8 Å². The molecule has 0 spiro atoms. The third-order valence-electron chi connectivity index (χ3n) is 5.28. The first-order valence-corrected chi connectivity index (χ1v) is 9.96. The molecule has 4 rings (SSSR count). The summed E-state index contributed by atoms with van der Waals surface area (Å²) in [4.78, 5) is 25.2. The van der Waals surface area contributed by atoms with Crippen LogP contribution in [0.4, 0.5) is 5.69 Å². The molecule has 4 aromatic rings. The molecule has 0 bridgehead atoms. The van der Waals surface area contributed by atoms with Gasteiger partial charge in [0.2, 0.25) is 0 Å². The fourth-order valence-electron chi connectivity index (χ4n) is 3.65. The number of amidine groups is 1. The number of nitrogens with one attached hydrogen (secondary N) is 2. The molecule has 6 heteroatoms. The van der Waals surface area contributed by atoms with Crippen molar-refractivity contribution in [3.63, 3.8) is 0 Å². The van der Waals surface area contributed by atoms with Crippen LogP contribution in [0.3, 0.4) is 0 Å². The first-order chi connectivity index (χ1) is 15.3. The van der Waals surface area contributed by atoms with E-state index in [0.717, 1.165) is 16.3 Å². The van der Waals surface area contributed by atoms with Gasteiger partial charge < -0.3 is 16.2 Å². The first kappa shape index (κ1) is 20.8. The molecule has 0 saturated heterocycles. The monoisotopic (exact) mass is 423 g/mol.